The number of carbonyl (C=O) groups is 1. The standard InChI is InChI=1S/C13H15N5OS/c1-2-14-11-6-15-9(5-16-11)12(19)18-13-17-10(7-20-13)8-3-4-8/h5-8H,2-4H2,1H3,(H,14,16)(H,17,18,19). The molecule has 1 fully saturated rings. The van der Waals surface area contributed by atoms with E-state index < -0.39 is 0 Å². The first kappa shape index (κ1) is 13.0. The molecule has 0 atom stereocenters. The molecule has 1 saturated carbocycles. The van der Waals surface area contributed by atoms with E-state index in [0.29, 0.717) is 16.9 Å². The SMILES string of the molecule is CCNc1cnc(C(=O)Nc2nc(C3CC3)cs2)cn1. The Morgan fingerprint density at radius 2 is 2.25 bits per heavy atom. The van der Waals surface area contributed by atoms with Crippen molar-refractivity contribution in [3.05, 3.63) is 29.2 Å². The van der Waals surface area contributed by atoms with E-state index >= 15 is 0 Å². The van der Waals surface area contributed by atoms with Crippen molar-refractivity contribution in [1.29, 1.82) is 0 Å². The minimum Gasteiger partial charge on any atom is -0.369 e. The van der Waals surface area contributed by atoms with Crippen LogP contribution in [-0.4, -0.2) is 27.4 Å². The fourth-order valence-corrected chi connectivity index (χ4v) is 2.58. The van der Waals surface area contributed by atoms with Crippen molar-refractivity contribution < 1.29 is 4.79 Å². The van der Waals surface area contributed by atoms with Gasteiger partial charge in [0.1, 0.15) is 11.5 Å². The van der Waals surface area contributed by atoms with Crippen molar-refractivity contribution in [1.82, 2.24) is 15.0 Å². The number of hydrogen-bond acceptors (Lipinski definition) is 6. The van der Waals surface area contributed by atoms with Gasteiger partial charge in [0.15, 0.2) is 5.13 Å². The Kier molecular flexibility index (Phi) is 3.60. The fourth-order valence-electron chi connectivity index (χ4n) is 1.79. The zero-order valence-electron chi connectivity index (χ0n) is 11.1. The number of rotatable bonds is 5. The molecule has 2 N–H and O–H groups in total. The first-order valence-corrected chi connectivity index (χ1v) is 7.47. The van der Waals surface area contributed by atoms with Gasteiger partial charge in [0.2, 0.25) is 0 Å². The molecule has 0 aromatic carbocycles. The number of aromatic nitrogens is 3. The molecule has 2 aromatic rings. The van der Waals surface area contributed by atoms with E-state index in [1.54, 1.807) is 6.20 Å². The van der Waals surface area contributed by atoms with E-state index in [0.717, 1.165) is 12.2 Å². The van der Waals surface area contributed by atoms with Gasteiger partial charge in [-0.3, -0.25) is 10.1 Å². The Labute approximate surface area is 120 Å². The van der Waals surface area contributed by atoms with Crippen LogP contribution in [0.15, 0.2) is 17.8 Å². The van der Waals surface area contributed by atoms with Gasteiger partial charge in [0, 0.05) is 17.8 Å². The van der Waals surface area contributed by atoms with E-state index in [2.05, 4.69) is 25.6 Å². The van der Waals surface area contributed by atoms with Crippen molar-refractivity contribution >= 4 is 28.2 Å². The first-order chi connectivity index (χ1) is 9.76. The molecule has 104 valence electrons. The topological polar surface area (TPSA) is 79.8 Å². The van der Waals surface area contributed by atoms with Gasteiger partial charge >= 0.3 is 0 Å². The lowest BCUT2D eigenvalue weighted by Crippen LogP contribution is -2.14. The summed E-state index contributed by atoms with van der Waals surface area (Å²) in [5.74, 6) is 0.975. The molecule has 7 heteroatoms. The Morgan fingerprint density at radius 1 is 1.40 bits per heavy atom. The molecule has 0 unspecified atom stereocenters. The highest BCUT2D eigenvalue weighted by molar-refractivity contribution is 7.14. The number of nitrogens with zero attached hydrogens (tertiary/aromatic N) is 3. The van der Waals surface area contributed by atoms with Gasteiger partial charge in [0.25, 0.3) is 5.91 Å². The van der Waals surface area contributed by atoms with Crippen molar-refractivity contribution in [3.63, 3.8) is 0 Å². The second-order valence-corrected chi connectivity index (χ2v) is 5.48. The largest absolute Gasteiger partial charge is 0.369 e. The summed E-state index contributed by atoms with van der Waals surface area (Å²) in [6, 6.07) is 0. The van der Waals surface area contributed by atoms with E-state index in [1.165, 1.54) is 30.4 Å². The third kappa shape index (κ3) is 2.93. The summed E-state index contributed by atoms with van der Waals surface area (Å²) in [5, 5.41) is 8.42. The van der Waals surface area contributed by atoms with Crippen LogP contribution in [0.5, 0.6) is 0 Å². The van der Waals surface area contributed by atoms with Gasteiger partial charge in [-0.25, -0.2) is 15.0 Å². The van der Waals surface area contributed by atoms with Gasteiger partial charge < -0.3 is 5.32 Å². The van der Waals surface area contributed by atoms with Crippen LogP contribution in [-0.2, 0) is 0 Å². The Balaban J connectivity index is 1.65. The fraction of sp³-hybridized carbons (Fsp3) is 0.385. The molecular weight excluding hydrogens is 274 g/mol. The monoisotopic (exact) mass is 289 g/mol. The highest BCUT2D eigenvalue weighted by Gasteiger charge is 2.26. The summed E-state index contributed by atoms with van der Waals surface area (Å²) >= 11 is 1.45. The lowest BCUT2D eigenvalue weighted by atomic mass is 10.3. The normalized spacial score (nSPS) is 14.1. The molecule has 1 amide bonds. The van der Waals surface area contributed by atoms with Gasteiger partial charge in [0.05, 0.1) is 18.1 Å². The first-order valence-electron chi connectivity index (χ1n) is 6.59. The van der Waals surface area contributed by atoms with Gasteiger partial charge in [-0.1, -0.05) is 0 Å². The minimum atomic E-state index is -0.280. The van der Waals surface area contributed by atoms with Crippen LogP contribution in [0.2, 0.25) is 0 Å². The van der Waals surface area contributed by atoms with E-state index in [4.69, 9.17) is 0 Å². The van der Waals surface area contributed by atoms with E-state index in [-0.39, 0.29) is 11.6 Å². The number of thiazole rings is 1. The molecule has 2 aromatic heterocycles. The van der Waals surface area contributed by atoms with E-state index in [9.17, 15) is 4.79 Å². The average Bonchev–Trinajstić information content (AvgIpc) is 3.21. The maximum atomic E-state index is 12.0. The van der Waals surface area contributed by atoms with Crippen molar-refractivity contribution in [3.8, 4) is 0 Å². The minimum absolute atomic E-state index is 0.280. The van der Waals surface area contributed by atoms with Gasteiger partial charge in [-0.15, -0.1) is 11.3 Å². The van der Waals surface area contributed by atoms with Gasteiger partial charge in [-0.05, 0) is 19.8 Å². The smallest absolute Gasteiger partial charge is 0.277 e. The second kappa shape index (κ2) is 5.54. The molecular formula is C13H15N5OS. The number of nitrogens with one attached hydrogen (secondary N) is 2. The van der Waals surface area contributed by atoms with Crippen LogP contribution in [0, 0.1) is 0 Å². The van der Waals surface area contributed by atoms with Crippen LogP contribution in [0.1, 0.15) is 41.9 Å². The summed E-state index contributed by atoms with van der Waals surface area (Å²) < 4.78 is 0. The van der Waals surface area contributed by atoms with Crippen molar-refractivity contribution in [2.24, 2.45) is 0 Å². The number of hydrogen-bond donors (Lipinski definition) is 2. The number of carbonyl (C=O) groups excluding carboxylic acids is 1. The predicted octanol–water partition coefficient (Wildman–Crippen LogP) is 2.49. The molecule has 0 bridgehead atoms. The Hall–Kier alpha value is -2.02. The van der Waals surface area contributed by atoms with Crippen molar-refractivity contribution in [2.45, 2.75) is 25.7 Å². The van der Waals surface area contributed by atoms with Crippen LogP contribution in [0.25, 0.3) is 0 Å². The van der Waals surface area contributed by atoms with Crippen LogP contribution in [0.4, 0.5) is 10.9 Å². The quantitative estimate of drug-likeness (QED) is 0.884. The lowest BCUT2D eigenvalue weighted by molar-refractivity contribution is 0.102. The maximum Gasteiger partial charge on any atom is 0.277 e. The zero-order chi connectivity index (χ0) is 13.9. The molecule has 2 heterocycles. The number of anilines is 2. The summed E-state index contributed by atoms with van der Waals surface area (Å²) in [6.45, 7) is 2.74. The molecule has 0 aliphatic heterocycles. The van der Waals surface area contributed by atoms with Crippen LogP contribution < -0.4 is 10.6 Å². The lowest BCUT2D eigenvalue weighted by Gasteiger charge is -2.03. The molecule has 0 saturated heterocycles. The third-order valence-electron chi connectivity index (χ3n) is 2.98. The van der Waals surface area contributed by atoms with Crippen LogP contribution >= 0.6 is 11.3 Å². The van der Waals surface area contributed by atoms with Crippen molar-refractivity contribution in [2.75, 3.05) is 17.2 Å². The number of amides is 1. The summed E-state index contributed by atoms with van der Waals surface area (Å²) in [6.07, 6.45) is 5.42. The van der Waals surface area contributed by atoms with E-state index in [1.807, 2.05) is 12.3 Å². The highest BCUT2D eigenvalue weighted by atomic mass is 32.1. The summed E-state index contributed by atoms with van der Waals surface area (Å²) in [5.41, 5.74) is 1.37. The zero-order valence-corrected chi connectivity index (χ0v) is 11.9. The molecule has 6 nitrogen and oxygen atoms in total. The highest BCUT2D eigenvalue weighted by Crippen LogP contribution is 2.40. The molecule has 0 spiro atoms. The third-order valence-corrected chi connectivity index (χ3v) is 3.76. The molecule has 0 radical (unpaired) electrons. The van der Waals surface area contributed by atoms with Gasteiger partial charge in [-0.2, -0.15) is 0 Å². The Morgan fingerprint density at radius 3 is 2.90 bits per heavy atom. The molecule has 20 heavy (non-hydrogen) atoms. The molecule has 1 aliphatic rings. The predicted molar refractivity (Wildman–Crippen MR) is 78.2 cm³/mol. The molecule has 3 rings (SSSR count). The molecule has 1 aliphatic carbocycles. The van der Waals surface area contributed by atoms with Crippen LogP contribution in [0.3, 0.4) is 0 Å². The maximum absolute atomic E-state index is 12.0. The Bertz CT molecular complexity index is 605. The second-order valence-electron chi connectivity index (χ2n) is 4.62. The summed E-state index contributed by atoms with van der Waals surface area (Å²) in [4.78, 5) is 24.6. The average molecular weight is 289 g/mol. The summed E-state index contributed by atoms with van der Waals surface area (Å²) in [7, 11) is 0.